The van der Waals surface area contributed by atoms with Gasteiger partial charge in [0, 0.05) is 23.0 Å². The van der Waals surface area contributed by atoms with E-state index in [2.05, 4.69) is 15.6 Å². The summed E-state index contributed by atoms with van der Waals surface area (Å²) in [6, 6.07) is 12.1. The lowest BCUT2D eigenvalue weighted by Crippen LogP contribution is -2.30. The zero-order valence-electron chi connectivity index (χ0n) is 12.9. The third-order valence-corrected chi connectivity index (χ3v) is 2.95. The lowest BCUT2D eigenvalue weighted by atomic mass is 10.2. The molecule has 0 unspecified atom stereocenters. The van der Waals surface area contributed by atoms with Crippen molar-refractivity contribution in [2.75, 3.05) is 5.32 Å². The molecule has 1 aromatic carbocycles. The van der Waals surface area contributed by atoms with Gasteiger partial charge in [-0.1, -0.05) is 6.07 Å². The van der Waals surface area contributed by atoms with Gasteiger partial charge >= 0.3 is 0 Å². The van der Waals surface area contributed by atoms with Gasteiger partial charge in [0.1, 0.15) is 5.69 Å². The smallest absolute Gasteiger partial charge is 0.274 e. The molecule has 0 atom stereocenters. The highest BCUT2D eigenvalue weighted by Crippen LogP contribution is 2.11. The molecule has 2 amide bonds. The predicted octanol–water partition coefficient (Wildman–Crippen LogP) is 2.78. The number of anilines is 1. The predicted molar refractivity (Wildman–Crippen MR) is 86.0 cm³/mol. The van der Waals surface area contributed by atoms with Gasteiger partial charge in [-0.25, -0.2) is 4.98 Å². The van der Waals surface area contributed by atoms with Crippen molar-refractivity contribution < 1.29 is 9.59 Å². The normalized spacial score (nSPS) is 10.4. The van der Waals surface area contributed by atoms with Crippen LogP contribution in [0.2, 0.25) is 0 Å². The van der Waals surface area contributed by atoms with Gasteiger partial charge in [-0.2, -0.15) is 0 Å². The van der Waals surface area contributed by atoms with Crippen LogP contribution >= 0.6 is 0 Å². The van der Waals surface area contributed by atoms with Gasteiger partial charge in [0.2, 0.25) is 0 Å². The number of amides is 2. The average Bonchev–Trinajstić information content (AvgIpc) is 2.47. The largest absolute Gasteiger partial charge is 0.350 e. The van der Waals surface area contributed by atoms with Gasteiger partial charge in [-0.05, 0) is 57.2 Å². The second-order valence-electron chi connectivity index (χ2n) is 5.32. The number of nitrogens with zero attached hydrogens (tertiary/aromatic N) is 1. The molecule has 0 radical (unpaired) electrons. The van der Waals surface area contributed by atoms with Gasteiger partial charge in [-0.3, -0.25) is 9.59 Å². The van der Waals surface area contributed by atoms with E-state index in [0.29, 0.717) is 16.9 Å². The number of hydrogen-bond acceptors (Lipinski definition) is 3. The van der Waals surface area contributed by atoms with Crippen LogP contribution in [0, 0.1) is 6.92 Å². The number of benzene rings is 1. The molecule has 1 heterocycles. The summed E-state index contributed by atoms with van der Waals surface area (Å²) in [5.41, 5.74) is 2.32. The zero-order chi connectivity index (χ0) is 16.1. The summed E-state index contributed by atoms with van der Waals surface area (Å²) in [5.74, 6) is -0.406. The number of carbonyl (C=O) groups is 2. The van der Waals surface area contributed by atoms with Crippen LogP contribution in [0.5, 0.6) is 0 Å². The van der Waals surface area contributed by atoms with E-state index < -0.39 is 0 Å². The summed E-state index contributed by atoms with van der Waals surface area (Å²) >= 11 is 0. The third-order valence-electron chi connectivity index (χ3n) is 2.95. The van der Waals surface area contributed by atoms with Crippen molar-refractivity contribution in [1.82, 2.24) is 10.3 Å². The summed E-state index contributed by atoms with van der Waals surface area (Å²) in [4.78, 5) is 28.1. The molecule has 0 fully saturated rings. The Morgan fingerprint density at radius 3 is 2.27 bits per heavy atom. The van der Waals surface area contributed by atoms with Gasteiger partial charge in [0.05, 0.1) is 0 Å². The van der Waals surface area contributed by atoms with E-state index in [4.69, 9.17) is 0 Å². The van der Waals surface area contributed by atoms with Crippen LogP contribution in [-0.4, -0.2) is 22.8 Å². The highest BCUT2D eigenvalue weighted by molar-refractivity contribution is 6.03. The highest BCUT2D eigenvalue weighted by Gasteiger charge is 2.09. The highest BCUT2D eigenvalue weighted by atomic mass is 16.2. The number of hydrogen-bond donors (Lipinski definition) is 2. The molecule has 0 aliphatic carbocycles. The van der Waals surface area contributed by atoms with E-state index in [1.807, 2.05) is 26.8 Å². The molecule has 2 aromatic rings. The molecule has 2 N–H and O–H groups in total. The first kappa shape index (κ1) is 15.7. The molecule has 0 aliphatic heterocycles. The Kier molecular flexibility index (Phi) is 4.88. The Morgan fingerprint density at radius 1 is 1.00 bits per heavy atom. The lowest BCUT2D eigenvalue weighted by Gasteiger charge is -2.09. The molecule has 5 heteroatoms. The SMILES string of the molecule is Cc1cccc(C(=O)Nc2ccc(C(=O)NC(C)C)cc2)n1. The van der Waals surface area contributed by atoms with Crippen LogP contribution in [0.15, 0.2) is 42.5 Å². The van der Waals surface area contributed by atoms with Crippen molar-refractivity contribution in [1.29, 1.82) is 0 Å². The molecule has 2 rings (SSSR count). The van der Waals surface area contributed by atoms with E-state index in [-0.39, 0.29) is 17.9 Å². The van der Waals surface area contributed by atoms with Crippen LogP contribution in [-0.2, 0) is 0 Å². The molecule has 0 saturated heterocycles. The van der Waals surface area contributed by atoms with E-state index in [9.17, 15) is 9.59 Å². The van der Waals surface area contributed by atoms with Gasteiger partial charge in [-0.15, -0.1) is 0 Å². The Labute approximate surface area is 129 Å². The van der Waals surface area contributed by atoms with Crippen LogP contribution < -0.4 is 10.6 Å². The molecular weight excluding hydrogens is 278 g/mol. The van der Waals surface area contributed by atoms with Gasteiger partial charge < -0.3 is 10.6 Å². The first-order valence-corrected chi connectivity index (χ1v) is 7.11. The zero-order valence-corrected chi connectivity index (χ0v) is 12.9. The minimum Gasteiger partial charge on any atom is -0.350 e. The second kappa shape index (κ2) is 6.85. The first-order chi connectivity index (χ1) is 10.5. The monoisotopic (exact) mass is 297 g/mol. The van der Waals surface area contributed by atoms with Crippen molar-refractivity contribution in [3.8, 4) is 0 Å². The van der Waals surface area contributed by atoms with Crippen LogP contribution in [0.25, 0.3) is 0 Å². The quantitative estimate of drug-likeness (QED) is 0.911. The fraction of sp³-hybridized carbons (Fsp3) is 0.235. The van der Waals surface area contributed by atoms with Crippen LogP contribution in [0.4, 0.5) is 5.69 Å². The van der Waals surface area contributed by atoms with Crippen LogP contribution in [0.3, 0.4) is 0 Å². The number of aromatic nitrogens is 1. The molecule has 5 nitrogen and oxygen atoms in total. The van der Waals surface area contributed by atoms with E-state index >= 15 is 0 Å². The van der Waals surface area contributed by atoms with E-state index in [1.165, 1.54) is 0 Å². The number of rotatable bonds is 4. The lowest BCUT2D eigenvalue weighted by molar-refractivity contribution is 0.0942. The molecule has 0 spiro atoms. The van der Waals surface area contributed by atoms with Gasteiger partial charge in [0.25, 0.3) is 11.8 Å². The summed E-state index contributed by atoms with van der Waals surface area (Å²) in [6.07, 6.45) is 0. The number of aryl methyl sites for hydroxylation is 1. The average molecular weight is 297 g/mol. The number of pyridine rings is 1. The molecule has 22 heavy (non-hydrogen) atoms. The molecular formula is C17H19N3O2. The third kappa shape index (κ3) is 4.15. The molecule has 1 aromatic heterocycles. The van der Waals surface area contributed by atoms with Gasteiger partial charge in [0.15, 0.2) is 0 Å². The maximum Gasteiger partial charge on any atom is 0.274 e. The Balaban J connectivity index is 2.05. The number of nitrogens with one attached hydrogen (secondary N) is 2. The molecule has 0 bridgehead atoms. The standard InChI is InChI=1S/C17H19N3O2/c1-11(2)18-16(21)13-7-9-14(10-8-13)20-17(22)15-6-4-5-12(3)19-15/h4-11H,1-3H3,(H,18,21)(H,20,22). The van der Waals surface area contributed by atoms with E-state index in [0.717, 1.165) is 5.69 Å². The minimum absolute atomic E-state index is 0.0827. The Morgan fingerprint density at radius 2 is 1.68 bits per heavy atom. The molecule has 114 valence electrons. The van der Waals surface area contributed by atoms with Crippen molar-refractivity contribution in [2.45, 2.75) is 26.8 Å². The first-order valence-electron chi connectivity index (χ1n) is 7.11. The fourth-order valence-corrected chi connectivity index (χ4v) is 1.92. The van der Waals surface area contributed by atoms with Crippen molar-refractivity contribution in [3.63, 3.8) is 0 Å². The molecule has 0 aliphatic rings. The van der Waals surface area contributed by atoms with E-state index in [1.54, 1.807) is 36.4 Å². The maximum atomic E-state index is 12.1. The van der Waals surface area contributed by atoms with Crippen molar-refractivity contribution in [2.24, 2.45) is 0 Å². The van der Waals surface area contributed by atoms with Crippen LogP contribution in [0.1, 0.15) is 40.4 Å². The fourth-order valence-electron chi connectivity index (χ4n) is 1.92. The van der Waals surface area contributed by atoms with Crippen molar-refractivity contribution in [3.05, 3.63) is 59.4 Å². The second-order valence-corrected chi connectivity index (χ2v) is 5.32. The Bertz CT molecular complexity index is 679. The Hall–Kier alpha value is -2.69. The summed E-state index contributed by atoms with van der Waals surface area (Å²) in [5, 5.41) is 5.57. The topological polar surface area (TPSA) is 71.1 Å². The maximum absolute atomic E-state index is 12.1. The minimum atomic E-state index is -0.275. The summed E-state index contributed by atoms with van der Waals surface area (Å²) in [6.45, 7) is 5.64. The summed E-state index contributed by atoms with van der Waals surface area (Å²) < 4.78 is 0. The van der Waals surface area contributed by atoms with Crippen molar-refractivity contribution >= 4 is 17.5 Å². The molecule has 0 saturated carbocycles. The summed E-state index contributed by atoms with van der Waals surface area (Å²) in [7, 11) is 0. The number of carbonyl (C=O) groups excluding carboxylic acids is 2.